The van der Waals surface area contributed by atoms with Crippen molar-refractivity contribution < 1.29 is 9.53 Å². The highest BCUT2D eigenvalue weighted by molar-refractivity contribution is 5.82. The van der Waals surface area contributed by atoms with Crippen molar-refractivity contribution in [2.24, 2.45) is 0 Å². The molecule has 1 aromatic rings. The van der Waals surface area contributed by atoms with E-state index in [1.54, 1.807) is 0 Å². The lowest BCUT2D eigenvalue weighted by molar-refractivity contribution is -0.132. The van der Waals surface area contributed by atoms with E-state index in [1.807, 2.05) is 31.2 Å². The minimum Gasteiger partial charge on any atom is -0.378 e. The number of benzene rings is 1. The van der Waals surface area contributed by atoms with Crippen molar-refractivity contribution in [1.29, 1.82) is 5.26 Å². The van der Waals surface area contributed by atoms with Crippen molar-refractivity contribution in [1.82, 2.24) is 10.2 Å². The van der Waals surface area contributed by atoms with Crippen molar-refractivity contribution in [3.63, 3.8) is 0 Å². The zero-order chi connectivity index (χ0) is 15.1. The van der Waals surface area contributed by atoms with E-state index < -0.39 is 0 Å². The van der Waals surface area contributed by atoms with Gasteiger partial charge in [-0.1, -0.05) is 25.1 Å². The summed E-state index contributed by atoms with van der Waals surface area (Å²) in [5.74, 6) is 0.00555. The lowest BCUT2D eigenvalue weighted by Gasteiger charge is -2.34. The second kappa shape index (κ2) is 7.77. The first kappa shape index (κ1) is 15.5. The molecule has 0 aliphatic carbocycles. The fourth-order valence-electron chi connectivity index (χ4n) is 2.42. The van der Waals surface area contributed by atoms with Gasteiger partial charge in [-0.25, -0.2) is 0 Å². The van der Waals surface area contributed by atoms with Crippen LogP contribution in [0.5, 0.6) is 0 Å². The van der Waals surface area contributed by atoms with E-state index in [0.717, 1.165) is 12.0 Å². The Bertz CT molecular complexity index is 524. The molecule has 1 aliphatic heterocycles. The quantitative estimate of drug-likeness (QED) is 0.886. The van der Waals surface area contributed by atoms with Gasteiger partial charge in [-0.3, -0.25) is 9.69 Å². The summed E-state index contributed by atoms with van der Waals surface area (Å²) in [5, 5.41) is 12.1. The summed E-state index contributed by atoms with van der Waals surface area (Å²) in [4.78, 5) is 14.3. The number of carbonyl (C=O) groups is 1. The monoisotopic (exact) mass is 287 g/mol. The lowest BCUT2D eigenvalue weighted by atomic mass is 10.1. The molecule has 1 atom stereocenters. The molecule has 0 radical (unpaired) electrons. The zero-order valence-electron chi connectivity index (χ0n) is 12.3. The molecule has 1 N–H and O–H groups in total. The highest BCUT2D eigenvalue weighted by Gasteiger charge is 2.29. The van der Waals surface area contributed by atoms with E-state index in [2.05, 4.69) is 16.3 Å². The number of carbonyl (C=O) groups excluding carboxylic acids is 1. The Kier molecular flexibility index (Phi) is 5.73. The minimum absolute atomic E-state index is 0.00555. The molecule has 0 saturated carbocycles. The zero-order valence-corrected chi connectivity index (χ0v) is 12.3. The maximum Gasteiger partial charge on any atom is 0.239 e. The molecule has 5 heteroatoms. The van der Waals surface area contributed by atoms with Gasteiger partial charge in [0.05, 0.1) is 24.8 Å². The number of hydrogen-bond donors (Lipinski definition) is 1. The van der Waals surface area contributed by atoms with Crippen molar-refractivity contribution in [2.75, 3.05) is 26.3 Å². The summed E-state index contributed by atoms with van der Waals surface area (Å²) in [5.41, 5.74) is 1.62. The molecule has 21 heavy (non-hydrogen) atoms. The van der Waals surface area contributed by atoms with Crippen molar-refractivity contribution >= 4 is 5.91 Å². The Balaban J connectivity index is 2.08. The highest BCUT2D eigenvalue weighted by atomic mass is 16.5. The third-order valence-electron chi connectivity index (χ3n) is 3.60. The van der Waals surface area contributed by atoms with Crippen LogP contribution in [0, 0.1) is 11.3 Å². The van der Waals surface area contributed by atoms with Crippen LogP contribution >= 0.6 is 0 Å². The number of hydrogen-bond acceptors (Lipinski definition) is 4. The summed E-state index contributed by atoms with van der Waals surface area (Å²) in [6.07, 6.45) is 0.913. The molecule has 1 unspecified atom stereocenters. The van der Waals surface area contributed by atoms with Gasteiger partial charge in [-0.05, 0) is 18.1 Å². The number of morpholine rings is 1. The van der Waals surface area contributed by atoms with Gasteiger partial charge in [0.1, 0.15) is 6.04 Å². The van der Waals surface area contributed by atoms with Gasteiger partial charge >= 0.3 is 0 Å². The van der Waals surface area contributed by atoms with E-state index in [1.165, 1.54) is 0 Å². The summed E-state index contributed by atoms with van der Waals surface area (Å²) in [6, 6.07) is 9.44. The lowest BCUT2D eigenvalue weighted by Crippen LogP contribution is -2.53. The molecule has 2 rings (SSSR count). The molecule has 0 bridgehead atoms. The first-order valence-corrected chi connectivity index (χ1v) is 7.33. The van der Waals surface area contributed by atoms with Crippen molar-refractivity contribution in [2.45, 2.75) is 25.9 Å². The second-order valence-electron chi connectivity index (χ2n) is 5.12. The normalized spacial score (nSPS) is 19.0. The predicted molar refractivity (Wildman–Crippen MR) is 79.5 cm³/mol. The Morgan fingerprint density at radius 2 is 2.33 bits per heavy atom. The van der Waals surface area contributed by atoms with Crippen LogP contribution in [0.2, 0.25) is 0 Å². The minimum atomic E-state index is -0.281. The largest absolute Gasteiger partial charge is 0.378 e. The van der Waals surface area contributed by atoms with E-state index in [4.69, 9.17) is 10.00 Å². The number of ether oxygens (including phenoxy) is 1. The Morgan fingerprint density at radius 1 is 1.52 bits per heavy atom. The fraction of sp³-hybridized carbons (Fsp3) is 0.500. The van der Waals surface area contributed by atoms with Crippen molar-refractivity contribution in [3.8, 4) is 6.07 Å². The van der Waals surface area contributed by atoms with E-state index in [9.17, 15) is 4.79 Å². The molecule has 1 heterocycles. The van der Waals surface area contributed by atoms with Crippen LogP contribution in [-0.4, -0.2) is 43.2 Å². The second-order valence-corrected chi connectivity index (χ2v) is 5.12. The number of nitriles is 1. The van der Waals surface area contributed by atoms with Crippen LogP contribution in [0.25, 0.3) is 0 Å². The third kappa shape index (κ3) is 4.03. The van der Waals surface area contributed by atoms with Gasteiger partial charge in [0.2, 0.25) is 5.91 Å². The molecule has 112 valence electrons. The summed E-state index contributed by atoms with van der Waals surface area (Å²) in [6.45, 7) is 5.02. The van der Waals surface area contributed by atoms with E-state index in [0.29, 0.717) is 38.4 Å². The van der Waals surface area contributed by atoms with Crippen LogP contribution in [0.1, 0.15) is 24.5 Å². The highest BCUT2D eigenvalue weighted by Crippen LogP contribution is 2.15. The maximum absolute atomic E-state index is 12.2. The summed E-state index contributed by atoms with van der Waals surface area (Å²) >= 11 is 0. The van der Waals surface area contributed by atoms with Gasteiger partial charge in [-0.15, -0.1) is 0 Å². The molecule has 1 aliphatic rings. The molecule has 1 aromatic carbocycles. The molecule has 5 nitrogen and oxygen atoms in total. The molecular weight excluding hydrogens is 266 g/mol. The summed E-state index contributed by atoms with van der Waals surface area (Å²) in [7, 11) is 0. The molecule has 1 fully saturated rings. The average molecular weight is 287 g/mol. The number of rotatable bonds is 5. The molecule has 1 saturated heterocycles. The smallest absolute Gasteiger partial charge is 0.239 e. The Hall–Kier alpha value is -1.90. The van der Waals surface area contributed by atoms with Crippen LogP contribution in [0.4, 0.5) is 0 Å². The third-order valence-corrected chi connectivity index (χ3v) is 3.60. The number of nitrogens with one attached hydrogen (secondary N) is 1. The molecule has 1 amide bonds. The van der Waals surface area contributed by atoms with Gasteiger partial charge in [-0.2, -0.15) is 5.26 Å². The van der Waals surface area contributed by atoms with E-state index in [-0.39, 0.29) is 11.9 Å². The molecule has 0 spiro atoms. The molecule has 0 aromatic heterocycles. The topological polar surface area (TPSA) is 65.4 Å². The van der Waals surface area contributed by atoms with Gasteiger partial charge in [0.25, 0.3) is 0 Å². The fourth-order valence-corrected chi connectivity index (χ4v) is 2.42. The summed E-state index contributed by atoms with van der Waals surface area (Å²) < 4.78 is 5.44. The standard InChI is InChI=1S/C16H21N3O2/c1-2-7-18-16(20)15-12-21-9-8-19(15)11-14-6-4-3-5-13(14)10-17/h3-6,15H,2,7-9,11-12H2,1H3,(H,18,20). The van der Waals surface area contributed by atoms with Crippen LogP contribution in [0.3, 0.4) is 0 Å². The van der Waals surface area contributed by atoms with Crippen molar-refractivity contribution in [3.05, 3.63) is 35.4 Å². The van der Waals surface area contributed by atoms with Crippen LogP contribution in [0.15, 0.2) is 24.3 Å². The molecular formula is C16H21N3O2. The van der Waals surface area contributed by atoms with E-state index >= 15 is 0 Å². The van der Waals surface area contributed by atoms with Crippen LogP contribution < -0.4 is 5.32 Å². The first-order valence-electron chi connectivity index (χ1n) is 7.33. The van der Waals surface area contributed by atoms with Crippen LogP contribution in [-0.2, 0) is 16.1 Å². The maximum atomic E-state index is 12.2. The Labute approximate surface area is 125 Å². The number of nitrogens with zero attached hydrogens (tertiary/aromatic N) is 2. The van der Waals surface area contributed by atoms with Gasteiger partial charge in [0, 0.05) is 19.6 Å². The first-order chi connectivity index (χ1) is 10.3. The Morgan fingerprint density at radius 3 is 3.10 bits per heavy atom. The average Bonchev–Trinajstić information content (AvgIpc) is 2.53. The van der Waals surface area contributed by atoms with Gasteiger partial charge in [0.15, 0.2) is 0 Å². The van der Waals surface area contributed by atoms with Gasteiger partial charge < -0.3 is 10.1 Å². The predicted octanol–water partition coefficient (Wildman–Crippen LogP) is 1.29. The number of amides is 1. The SMILES string of the molecule is CCCNC(=O)C1COCCN1Cc1ccccc1C#N.